The second-order valence-electron chi connectivity index (χ2n) is 4.03. The molecule has 0 saturated carbocycles. The molecule has 0 bridgehead atoms. The third-order valence-corrected chi connectivity index (χ3v) is 2.55. The van der Waals surface area contributed by atoms with Crippen molar-refractivity contribution in [1.29, 1.82) is 0 Å². The molecule has 96 valence electrons. The maximum Gasteiger partial charge on any atom is 0.198 e. The van der Waals surface area contributed by atoms with Crippen molar-refractivity contribution in [2.45, 2.75) is 6.92 Å². The van der Waals surface area contributed by atoms with Crippen LogP contribution in [0.4, 0.5) is 11.4 Å². The number of aldehydes is 1. The average Bonchev–Trinajstić information content (AvgIpc) is 2.39. The second-order valence-corrected chi connectivity index (χ2v) is 4.03. The second kappa shape index (κ2) is 5.30. The fraction of sp³-hybridized carbons (Fsp3) is 0.0714. The Kier molecular flexibility index (Phi) is 3.56. The van der Waals surface area contributed by atoms with E-state index in [2.05, 4.69) is 22.4 Å². The minimum Gasteiger partial charge on any atom is -0.369 e. The number of nitrogens with one attached hydrogen (secondary N) is 1. The number of hydrogen-bond donors (Lipinski definition) is 2. The van der Waals surface area contributed by atoms with Gasteiger partial charge in [-0.15, -0.1) is 0 Å². The Bertz CT molecular complexity index is 672. The number of hydrogen-bond acceptors (Lipinski definition) is 5. The molecule has 0 radical (unpaired) electrons. The van der Waals surface area contributed by atoms with Gasteiger partial charge in [-0.3, -0.25) is 9.59 Å². The van der Waals surface area contributed by atoms with Crippen LogP contribution < -0.4 is 11.1 Å². The molecule has 2 aromatic rings. The number of guanidine groups is 1. The van der Waals surface area contributed by atoms with Gasteiger partial charge in [0.05, 0.1) is 11.4 Å². The van der Waals surface area contributed by atoms with Gasteiger partial charge in [0.15, 0.2) is 18.0 Å². The van der Waals surface area contributed by atoms with E-state index in [-0.39, 0.29) is 6.29 Å². The van der Waals surface area contributed by atoms with Crippen LogP contribution >= 0.6 is 0 Å². The number of rotatable bonds is 1. The van der Waals surface area contributed by atoms with Crippen molar-refractivity contribution in [3.8, 4) is 0 Å². The zero-order valence-corrected chi connectivity index (χ0v) is 10.4. The molecular weight excluding hydrogens is 242 g/mol. The molecule has 0 saturated heterocycles. The van der Waals surface area contributed by atoms with Gasteiger partial charge < -0.3 is 11.1 Å². The van der Waals surface area contributed by atoms with E-state index in [4.69, 9.17) is 10.5 Å². The molecule has 5 nitrogen and oxygen atoms in total. The fourth-order valence-corrected chi connectivity index (χ4v) is 1.81. The molecule has 19 heavy (non-hydrogen) atoms. The van der Waals surface area contributed by atoms with Gasteiger partial charge >= 0.3 is 0 Å². The minimum atomic E-state index is -0.426. The van der Waals surface area contributed by atoms with Crippen molar-refractivity contribution >= 4 is 40.2 Å². The Morgan fingerprint density at radius 1 is 1.26 bits per heavy atom. The van der Waals surface area contributed by atoms with Crippen molar-refractivity contribution in [3.63, 3.8) is 0 Å². The molecule has 1 aliphatic rings. The van der Waals surface area contributed by atoms with E-state index in [0.717, 1.165) is 16.8 Å². The van der Waals surface area contributed by atoms with Crippen LogP contribution in [0.15, 0.2) is 41.4 Å². The molecule has 0 unspecified atom stereocenters. The topological polar surface area (TPSA) is 84.5 Å². The van der Waals surface area contributed by atoms with E-state index in [0.29, 0.717) is 5.96 Å². The van der Waals surface area contributed by atoms with Gasteiger partial charge in [0, 0.05) is 12.3 Å². The number of carbonyl (C=O) groups is 2. The Balaban J connectivity index is 0.000000232. The zero-order chi connectivity index (χ0) is 13.8. The van der Waals surface area contributed by atoms with E-state index < -0.39 is 5.78 Å². The smallest absolute Gasteiger partial charge is 0.198 e. The first-order chi connectivity index (χ1) is 9.11. The van der Waals surface area contributed by atoms with Crippen LogP contribution in [-0.4, -0.2) is 18.0 Å². The highest BCUT2D eigenvalue weighted by molar-refractivity contribution is 6.23. The van der Waals surface area contributed by atoms with Crippen molar-refractivity contribution in [2.75, 3.05) is 5.32 Å². The van der Waals surface area contributed by atoms with Crippen molar-refractivity contribution in [3.05, 3.63) is 36.4 Å². The molecule has 5 heteroatoms. The summed E-state index contributed by atoms with van der Waals surface area (Å²) in [5, 5.41) is 5.38. The lowest BCUT2D eigenvalue weighted by molar-refractivity contribution is -0.128. The average molecular weight is 255 g/mol. The van der Waals surface area contributed by atoms with E-state index in [1.54, 1.807) is 0 Å². The molecule has 1 aliphatic heterocycles. The summed E-state index contributed by atoms with van der Waals surface area (Å²) >= 11 is 0. The third kappa shape index (κ3) is 2.77. The summed E-state index contributed by atoms with van der Waals surface area (Å²) in [5.74, 6) is 0.0289. The highest BCUT2D eigenvalue weighted by Crippen LogP contribution is 2.34. The van der Waals surface area contributed by atoms with Crippen LogP contribution in [0.1, 0.15) is 6.92 Å². The normalized spacial score (nSPS) is 11.7. The van der Waals surface area contributed by atoms with Crippen LogP contribution in [0.3, 0.4) is 0 Å². The SMILES string of the molecule is CC(=O)C=O.NC1=Nc2cccc3cccc(c23)N1. The van der Waals surface area contributed by atoms with Gasteiger partial charge in [0.2, 0.25) is 0 Å². The molecule has 0 amide bonds. The minimum absolute atomic E-state index is 0.278. The molecule has 0 fully saturated rings. The third-order valence-electron chi connectivity index (χ3n) is 2.55. The molecule has 0 atom stereocenters. The Morgan fingerprint density at radius 2 is 1.89 bits per heavy atom. The Hall–Kier alpha value is -2.69. The number of nitrogens with zero attached hydrogens (tertiary/aromatic N) is 1. The van der Waals surface area contributed by atoms with Crippen molar-refractivity contribution in [1.82, 2.24) is 0 Å². The van der Waals surface area contributed by atoms with Gasteiger partial charge in [-0.25, -0.2) is 4.99 Å². The van der Waals surface area contributed by atoms with Crippen LogP contribution in [0.5, 0.6) is 0 Å². The molecule has 0 aliphatic carbocycles. The van der Waals surface area contributed by atoms with Gasteiger partial charge in [-0.1, -0.05) is 24.3 Å². The predicted molar refractivity (Wildman–Crippen MR) is 75.6 cm³/mol. The van der Waals surface area contributed by atoms with Crippen LogP contribution in [0, 0.1) is 0 Å². The maximum atomic E-state index is 9.44. The quantitative estimate of drug-likeness (QED) is 0.602. The summed E-state index contributed by atoms with van der Waals surface area (Å²) in [6.07, 6.45) is 0.278. The van der Waals surface area contributed by atoms with Gasteiger partial charge in [-0.2, -0.15) is 0 Å². The molecule has 3 N–H and O–H groups in total. The van der Waals surface area contributed by atoms with Crippen molar-refractivity contribution < 1.29 is 9.59 Å². The summed E-state index contributed by atoms with van der Waals surface area (Å²) in [6, 6.07) is 12.1. The highest BCUT2D eigenvalue weighted by atomic mass is 16.2. The first-order valence-electron chi connectivity index (χ1n) is 5.70. The summed E-state index contributed by atoms with van der Waals surface area (Å²) in [5.41, 5.74) is 7.64. The maximum absolute atomic E-state index is 9.44. The molecule has 2 aromatic carbocycles. The number of ketones is 1. The summed E-state index contributed by atoms with van der Waals surface area (Å²) in [6.45, 7) is 1.22. The molecule has 1 heterocycles. The van der Waals surface area contributed by atoms with Crippen LogP contribution in [0.2, 0.25) is 0 Å². The number of benzene rings is 2. The van der Waals surface area contributed by atoms with E-state index in [1.807, 2.05) is 24.3 Å². The monoisotopic (exact) mass is 255 g/mol. The number of aliphatic imine (C=N–C) groups is 1. The van der Waals surface area contributed by atoms with Crippen LogP contribution in [-0.2, 0) is 9.59 Å². The fourth-order valence-electron chi connectivity index (χ4n) is 1.81. The van der Waals surface area contributed by atoms with Crippen LogP contribution in [0.25, 0.3) is 10.8 Å². The Morgan fingerprint density at radius 3 is 2.53 bits per heavy atom. The van der Waals surface area contributed by atoms with E-state index in [1.165, 1.54) is 12.3 Å². The number of carbonyl (C=O) groups excluding carboxylic acids is 2. The molecule has 0 spiro atoms. The summed E-state index contributed by atoms with van der Waals surface area (Å²) in [4.78, 5) is 22.8. The van der Waals surface area contributed by atoms with Gasteiger partial charge in [0.1, 0.15) is 0 Å². The largest absolute Gasteiger partial charge is 0.369 e. The molecule has 0 aromatic heterocycles. The molecular formula is C14H13N3O2. The van der Waals surface area contributed by atoms with E-state index in [9.17, 15) is 4.79 Å². The molecule has 3 rings (SSSR count). The first-order valence-corrected chi connectivity index (χ1v) is 5.70. The summed E-state index contributed by atoms with van der Waals surface area (Å²) < 4.78 is 0. The number of Topliss-reactive ketones (excluding diaryl/α,β-unsaturated/α-hetero) is 1. The zero-order valence-electron chi connectivity index (χ0n) is 10.4. The number of anilines is 1. The first kappa shape index (κ1) is 12.8. The highest BCUT2D eigenvalue weighted by Gasteiger charge is 2.10. The lowest BCUT2D eigenvalue weighted by Gasteiger charge is -2.15. The predicted octanol–water partition coefficient (Wildman–Crippen LogP) is 1.99. The summed E-state index contributed by atoms with van der Waals surface area (Å²) in [7, 11) is 0. The lowest BCUT2D eigenvalue weighted by atomic mass is 10.1. The lowest BCUT2D eigenvalue weighted by Crippen LogP contribution is -2.23. The van der Waals surface area contributed by atoms with Crippen molar-refractivity contribution in [2.24, 2.45) is 10.7 Å². The standard InChI is InChI=1S/C11H9N3.C3H4O2/c12-11-13-8-5-1-3-7-4-2-6-9(14-11)10(7)8;1-3(5)2-4/h1-6H,(H3,12,13,14);2H,1H3. The van der Waals surface area contributed by atoms with Gasteiger partial charge in [-0.05, 0) is 17.5 Å². The Labute approximate surface area is 110 Å². The number of nitrogens with two attached hydrogens (primary N) is 1. The van der Waals surface area contributed by atoms with E-state index >= 15 is 0 Å². The van der Waals surface area contributed by atoms with Gasteiger partial charge in [0.25, 0.3) is 0 Å².